The molecule has 1 unspecified atom stereocenters. The third kappa shape index (κ3) is 4.49. The van der Waals surface area contributed by atoms with Gasteiger partial charge < -0.3 is 19.7 Å². The van der Waals surface area contributed by atoms with Gasteiger partial charge in [-0.15, -0.1) is 0 Å². The summed E-state index contributed by atoms with van der Waals surface area (Å²) in [6.07, 6.45) is 0. The zero-order valence-electron chi connectivity index (χ0n) is 18.1. The van der Waals surface area contributed by atoms with E-state index in [1.807, 2.05) is 36.9 Å². The fourth-order valence-electron chi connectivity index (χ4n) is 3.70. The molecule has 1 heterocycles. The highest BCUT2D eigenvalue weighted by Crippen LogP contribution is 2.36. The molecule has 30 heavy (non-hydrogen) atoms. The lowest BCUT2D eigenvalue weighted by molar-refractivity contribution is -0.114. The van der Waals surface area contributed by atoms with Crippen molar-refractivity contribution < 1.29 is 14.3 Å². The molecule has 0 spiro atoms. The maximum atomic E-state index is 12.4. The van der Waals surface area contributed by atoms with Crippen LogP contribution >= 0.6 is 12.2 Å². The first-order valence-corrected chi connectivity index (χ1v) is 10.4. The second kappa shape index (κ2) is 9.30. The Bertz CT molecular complexity index is 982. The minimum absolute atomic E-state index is 0.0182. The van der Waals surface area contributed by atoms with Gasteiger partial charge in [-0.25, -0.2) is 0 Å². The maximum absolute atomic E-state index is 12.4. The fraction of sp³-hybridized carbons (Fsp3) is 0.333. The van der Waals surface area contributed by atoms with Crippen LogP contribution in [0.25, 0.3) is 0 Å². The van der Waals surface area contributed by atoms with E-state index in [0.29, 0.717) is 35.3 Å². The second-order valence-corrected chi connectivity index (χ2v) is 7.75. The molecule has 5 nitrogen and oxygen atoms in total. The van der Waals surface area contributed by atoms with Crippen LogP contribution in [-0.4, -0.2) is 29.5 Å². The monoisotopic (exact) mass is 424 g/mol. The Morgan fingerprint density at radius 3 is 2.43 bits per heavy atom. The van der Waals surface area contributed by atoms with E-state index >= 15 is 0 Å². The molecule has 1 aliphatic heterocycles. The second-order valence-electron chi connectivity index (χ2n) is 7.37. The van der Waals surface area contributed by atoms with E-state index in [1.54, 1.807) is 14.0 Å². The number of Topliss-reactive ketones (excluding diaryl/α,β-unsaturated/α-hetero) is 1. The maximum Gasteiger partial charge on any atom is 0.173 e. The van der Waals surface area contributed by atoms with Crippen LogP contribution in [0.1, 0.15) is 43.5 Å². The average Bonchev–Trinajstić information content (AvgIpc) is 2.72. The molecule has 2 aromatic carbocycles. The van der Waals surface area contributed by atoms with Crippen LogP contribution in [0.3, 0.4) is 0 Å². The molecule has 3 rings (SSSR count). The predicted molar refractivity (Wildman–Crippen MR) is 123 cm³/mol. The first-order valence-electron chi connectivity index (χ1n) is 10.0. The third-order valence-corrected chi connectivity index (χ3v) is 5.67. The molecule has 0 radical (unpaired) electrons. The van der Waals surface area contributed by atoms with E-state index in [4.69, 9.17) is 21.7 Å². The number of benzene rings is 2. The van der Waals surface area contributed by atoms with Crippen LogP contribution in [0.4, 0.5) is 0 Å². The third-order valence-electron chi connectivity index (χ3n) is 5.33. The molecular weight excluding hydrogens is 396 g/mol. The van der Waals surface area contributed by atoms with Crippen molar-refractivity contribution in [3.8, 4) is 11.5 Å². The molecular formula is C24H28N2O3S. The topological polar surface area (TPSA) is 50.8 Å². The van der Waals surface area contributed by atoms with Crippen molar-refractivity contribution >= 4 is 23.1 Å². The van der Waals surface area contributed by atoms with Gasteiger partial charge in [0.2, 0.25) is 0 Å². The summed E-state index contributed by atoms with van der Waals surface area (Å²) in [5.74, 6) is 1.29. The average molecular weight is 425 g/mol. The summed E-state index contributed by atoms with van der Waals surface area (Å²) in [5.41, 5.74) is 4.79. The number of ketones is 1. The number of thiocarbonyl (C=S) groups is 1. The zero-order valence-corrected chi connectivity index (χ0v) is 18.9. The minimum atomic E-state index is -0.321. The van der Waals surface area contributed by atoms with E-state index in [1.165, 1.54) is 5.56 Å². The van der Waals surface area contributed by atoms with Crippen molar-refractivity contribution in [3.05, 3.63) is 70.4 Å². The van der Waals surface area contributed by atoms with Crippen LogP contribution in [0.2, 0.25) is 0 Å². The molecule has 1 N–H and O–H groups in total. The van der Waals surface area contributed by atoms with Crippen molar-refractivity contribution in [1.29, 1.82) is 0 Å². The van der Waals surface area contributed by atoms with Gasteiger partial charge >= 0.3 is 0 Å². The number of methoxy groups -OCH3 is 1. The molecule has 0 aliphatic carbocycles. The smallest absolute Gasteiger partial charge is 0.173 e. The van der Waals surface area contributed by atoms with Crippen LogP contribution in [-0.2, 0) is 11.4 Å². The molecule has 1 aliphatic rings. The molecule has 158 valence electrons. The molecule has 1 atom stereocenters. The van der Waals surface area contributed by atoms with E-state index in [-0.39, 0.29) is 11.8 Å². The van der Waals surface area contributed by atoms with Gasteiger partial charge in [0, 0.05) is 17.8 Å². The van der Waals surface area contributed by atoms with Crippen molar-refractivity contribution in [3.63, 3.8) is 0 Å². The lowest BCUT2D eigenvalue weighted by Gasteiger charge is -2.37. The van der Waals surface area contributed by atoms with E-state index in [2.05, 4.69) is 36.5 Å². The van der Waals surface area contributed by atoms with Crippen LogP contribution in [0, 0.1) is 6.92 Å². The Labute approximate surface area is 183 Å². The SMILES string of the molecule is CCN1C(=S)NC(c2ccc(OCc3ccc(C)cc3)c(OC)c2)C(C(C)=O)=C1C. The predicted octanol–water partition coefficient (Wildman–Crippen LogP) is 4.70. The van der Waals surface area contributed by atoms with Gasteiger partial charge in [-0.3, -0.25) is 4.79 Å². The Morgan fingerprint density at radius 2 is 1.83 bits per heavy atom. The number of hydrogen-bond acceptors (Lipinski definition) is 4. The molecule has 0 saturated carbocycles. The number of carbonyl (C=O) groups is 1. The van der Waals surface area contributed by atoms with Crippen LogP contribution in [0.5, 0.6) is 11.5 Å². The number of nitrogens with zero attached hydrogens (tertiary/aromatic N) is 1. The lowest BCUT2D eigenvalue weighted by atomic mass is 9.92. The summed E-state index contributed by atoms with van der Waals surface area (Å²) in [6.45, 7) is 8.76. The number of nitrogens with one attached hydrogen (secondary N) is 1. The molecule has 0 bridgehead atoms. The normalized spacial score (nSPS) is 16.4. The molecule has 0 fully saturated rings. The highest BCUT2D eigenvalue weighted by Gasteiger charge is 2.32. The summed E-state index contributed by atoms with van der Waals surface area (Å²) in [5, 5.41) is 3.93. The highest BCUT2D eigenvalue weighted by molar-refractivity contribution is 7.80. The number of ether oxygens (including phenoxy) is 2. The Hall–Kier alpha value is -2.86. The van der Waals surface area contributed by atoms with Gasteiger partial charge in [0.05, 0.1) is 13.2 Å². The Morgan fingerprint density at radius 1 is 1.13 bits per heavy atom. The first-order chi connectivity index (χ1) is 14.3. The molecule has 6 heteroatoms. The quantitative estimate of drug-likeness (QED) is 0.651. The Balaban J connectivity index is 1.89. The largest absolute Gasteiger partial charge is 0.493 e. The standard InChI is InChI=1S/C24H28N2O3S/c1-6-26-16(3)22(17(4)27)23(25-24(26)30)19-11-12-20(21(13-19)28-5)29-14-18-9-7-15(2)8-10-18/h7-13,23H,6,14H2,1-5H3,(H,25,30). The first kappa shape index (κ1) is 21.8. The van der Waals surface area contributed by atoms with Gasteiger partial charge in [-0.05, 0) is 63.2 Å². The minimum Gasteiger partial charge on any atom is -0.493 e. The van der Waals surface area contributed by atoms with Crippen molar-refractivity contribution in [2.24, 2.45) is 0 Å². The van der Waals surface area contributed by atoms with Crippen molar-refractivity contribution in [1.82, 2.24) is 10.2 Å². The summed E-state index contributed by atoms with van der Waals surface area (Å²) in [7, 11) is 1.61. The molecule has 0 amide bonds. The number of rotatable bonds is 7. The zero-order chi connectivity index (χ0) is 21.8. The van der Waals surface area contributed by atoms with Crippen molar-refractivity contribution in [2.75, 3.05) is 13.7 Å². The van der Waals surface area contributed by atoms with Gasteiger partial charge in [0.15, 0.2) is 22.4 Å². The summed E-state index contributed by atoms with van der Waals surface area (Å²) >= 11 is 5.53. The van der Waals surface area contributed by atoms with E-state index < -0.39 is 0 Å². The highest BCUT2D eigenvalue weighted by atomic mass is 32.1. The van der Waals surface area contributed by atoms with E-state index in [0.717, 1.165) is 16.8 Å². The molecule has 2 aromatic rings. The Kier molecular flexibility index (Phi) is 6.77. The number of carbonyl (C=O) groups excluding carboxylic acids is 1. The summed E-state index contributed by atoms with van der Waals surface area (Å²) in [6, 6.07) is 13.6. The number of allylic oxidation sites excluding steroid dienone is 1. The fourth-order valence-corrected chi connectivity index (χ4v) is 4.08. The van der Waals surface area contributed by atoms with Crippen LogP contribution in [0.15, 0.2) is 53.7 Å². The summed E-state index contributed by atoms with van der Waals surface area (Å²) < 4.78 is 11.6. The molecule has 0 aromatic heterocycles. The van der Waals surface area contributed by atoms with Crippen LogP contribution < -0.4 is 14.8 Å². The molecule has 0 saturated heterocycles. The van der Waals surface area contributed by atoms with Gasteiger partial charge in [0.1, 0.15) is 6.61 Å². The summed E-state index contributed by atoms with van der Waals surface area (Å²) in [4.78, 5) is 14.4. The lowest BCUT2D eigenvalue weighted by Crippen LogP contribution is -2.47. The van der Waals surface area contributed by atoms with Crippen molar-refractivity contribution in [2.45, 2.75) is 40.3 Å². The van der Waals surface area contributed by atoms with Gasteiger partial charge in [0.25, 0.3) is 0 Å². The van der Waals surface area contributed by atoms with E-state index in [9.17, 15) is 4.79 Å². The van der Waals surface area contributed by atoms with Gasteiger partial charge in [-0.1, -0.05) is 35.9 Å². The number of hydrogen-bond donors (Lipinski definition) is 1. The van der Waals surface area contributed by atoms with Gasteiger partial charge in [-0.2, -0.15) is 0 Å². The number of aryl methyl sites for hydroxylation is 1.